The van der Waals surface area contributed by atoms with Crippen LogP contribution >= 0.6 is 0 Å². The van der Waals surface area contributed by atoms with Crippen LogP contribution in [-0.4, -0.2) is 40.5 Å². The van der Waals surface area contributed by atoms with Crippen molar-refractivity contribution in [3.8, 4) is 0 Å². The minimum absolute atomic E-state index is 0.152. The lowest BCUT2D eigenvalue weighted by Crippen LogP contribution is -2.36. The van der Waals surface area contributed by atoms with Gasteiger partial charge in [0.05, 0.1) is 11.9 Å². The number of hydrogen-bond donors (Lipinski definition) is 1. The van der Waals surface area contributed by atoms with Crippen LogP contribution in [-0.2, 0) is 14.8 Å². The number of nitrogens with zero attached hydrogens (tertiary/aromatic N) is 1. The van der Waals surface area contributed by atoms with Crippen LogP contribution in [0, 0.1) is 0 Å². The van der Waals surface area contributed by atoms with E-state index in [1.54, 1.807) is 7.11 Å². The molecule has 0 bridgehead atoms. The summed E-state index contributed by atoms with van der Waals surface area (Å²) < 4.78 is 31.4. The highest BCUT2D eigenvalue weighted by Crippen LogP contribution is 2.23. The third-order valence-electron chi connectivity index (χ3n) is 3.75. The molecule has 1 N–H and O–H groups in total. The zero-order valence-corrected chi connectivity index (χ0v) is 13.5. The van der Waals surface area contributed by atoms with Crippen molar-refractivity contribution in [2.24, 2.45) is 0 Å². The number of piperidine rings is 1. The molecule has 0 aromatic heterocycles. The minimum Gasteiger partial charge on any atom is -0.381 e. The molecule has 1 heterocycles. The Morgan fingerprint density at radius 1 is 1.24 bits per heavy atom. The Morgan fingerprint density at radius 3 is 2.38 bits per heavy atom. The highest BCUT2D eigenvalue weighted by molar-refractivity contribution is 7.92. The molecule has 1 aromatic rings. The van der Waals surface area contributed by atoms with Crippen molar-refractivity contribution in [1.82, 2.24) is 0 Å². The van der Waals surface area contributed by atoms with Crippen LogP contribution in [0.2, 0.25) is 0 Å². The number of anilines is 2. The average molecular weight is 312 g/mol. The first-order valence-corrected chi connectivity index (χ1v) is 9.07. The molecule has 1 saturated heterocycles. The molecule has 0 spiro atoms. The first kappa shape index (κ1) is 16.1. The second-order valence-electron chi connectivity index (χ2n) is 5.39. The summed E-state index contributed by atoms with van der Waals surface area (Å²) in [7, 11) is -1.45. The number of sulfonamides is 1. The molecule has 0 aliphatic carbocycles. The van der Waals surface area contributed by atoms with Gasteiger partial charge in [0.15, 0.2) is 0 Å². The van der Waals surface area contributed by atoms with Crippen molar-refractivity contribution >= 4 is 21.4 Å². The Kier molecular flexibility index (Phi) is 5.47. The van der Waals surface area contributed by atoms with Gasteiger partial charge in [-0.25, -0.2) is 8.42 Å². The van der Waals surface area contributed by atoms with Gasteiger partial charge in [-0.15, -0.1) is 0 Å². The van der Waals surface area contributed by atoms with Gasteiger partial charge in [0.1, 0.15) is 0 Å². The molecular weight excluding hydrogens is 288 g/mol. The van der Waals surface area contributed by atoms with Crippen LogP contribution in [0.4, 0.5) is 11.4 Å². The van der Waals surface area contributed by atoms with Gasteiger partial charge in [-0.2, -0.15) is 0 Å². The summed E-state index contributed by atoms with van der Waals surface area (Å²) >= 11 is 0. The summed E-state index contributed by atoms with van der Waals surface area (Å²) in [6, 6.07) is 7.59. The molecule has 0 amide bonds. The summed E-state index contributed by atoms with van der Waals surface area (Å²) in [6.07, 6.45) is 3.03. The highest BCUT2D eigenvalue weighted by atomic mass is 32.2. The molecule has 6 heteroatoms. The molecule has 1 fully saturated rings. The number of benzene rings is 1. The van der Waals surface area contributed by atoms with Gasteiger partial charge in [0.25, 0.3) is 0 Å². The van der Waals surface area contributed by atoms with E-state index in [1.165, 1.54) is 0 Å². The van der Waals surface area contributed by atoms with E-state index in [2.05, 4.69) is 9.62 Å². The van der Waals surface area contributed by atoms with E-state index in [-0.39, 0.29) is 5.75 Å². The van der Waals surface area contributed by atoms with Gasteiger partial charge in [0.2, 0.25) is 10.0 Å². The Morgan fingerprint density at radius 2 is 1.86 bits per heavy atom. The summed E-state index contributed by atoms with van der Waals surface area (Å²) in [5.74, 6) is 0.152. The Hall–Kier alpha value is -1.27. The molecule has 1 aromatic carbocycles. The maximum Gasteiger partial charge on any atom is 0.232 e. The van der Waals surface area contributed by atoms with Gasteiger partial charge < -0.3 is 9.64 Å². The lowest BCUT2D eigenvalue weighted by atomic mass is 10.1. The monoisotopic (exact) mass is 312 g/mol. The normalized spacial score (nSPS) is 17.0. The quantitative estimate of drug-likeness (QED) is 0.876. The van der Waals surface area contributed by atoms with Crippen molar-refractivity contribution in [3.63, 3.8) is 0 Å². The van der Waals surface area contributed by atoms with Gasteiger partial charge in [-0.05, 0) is 43.5 Å². The molecule has 5 nitrogen and oxygen atoms in total. The first-order chi connectivity index (χ1) is 10.0. The van der Waals surface area contributed by atoms with Gasteiger partial charge >= 0.3 is 0 Å². The third-order valence-corrected chi connectivity index (χ3v) is 5.25. The lowest BCUT2D eigenvalue weighted by molar-refractivity contribution is 0.0819. The Balaban J connectivity index is 1.96. The minimum atomic E-state index is -3.21. The van der Waals surface area contributed by atoms with E-state index in [4.69, 9.17) is 4.74 Å². The lowest BCUT2D eigenvalue weighted by Gasteiger charge is -2.33. The summed E-state index contributed by atoms with van der Waals surface area (Å²) in [6.45, 7) is 3.80. The molecule has 118 valence electrons. The molecular formula is C15H24N2O3S. The average Bonchev–Trinajstić information content (AvgIpc) is 2.48. The molecule has 2 rings (SSSR count). The fourth-order valence-corrected chi connectivity index (χ4v) is 3.72. The van der Waals surface area contributed by atoms with Crippen LogP contribution in [0.25, 0.3) is 0 Å². The third kappa shape index (κ3) is 4.61. The summed E-state index contributed by atoms with van der Waals surface area (Å²) in [5, 5.41) is 0. The van der Waals surface area contributed by atoms with Crippen LogP contribution in [0.5, 0.6) is 0 Å². The van der Waals surface area contributed by atoms with E-state index < -0.39 is 10.0 Å². The standard InChI is InChI=1S/C15H24N2O3S/c1-3-12-21(18,19)16-13-4-6-14(7-5-13)17-10-8-15(20-2)9-11-17/h4-7,15-16H,3,8-12H2,1-2H3. The van der Waals surface area contributed by atoms with E-state index >= 15 is 0 Å². The van der Waals surface area contributed by atoms with Gasteiger partial charge in [-0.3, -0.25) is 4.72 Å². The van der Waals surface area contributed by atoms with Gasteiger partial charge in [0, 0.05) is 31.6 Å². The van der Waals surface area contributed by atoms with Crippen molar-refractivity contribution in [2.75, 3.05) is 35.6 Å². The Bertz CT molecular complexity index is 535. The van der Waals surface area contributed by atoms with Crippen molar-refractivity contribution in [3.05, 3.63) is 24.3 Å². The van der Waals surface area contributed by atoms with Crippen molar-refractivity contribution in [2.45, 2.75) is 32.3 Å². The summed E-state index contributed by atoms with van der Waals surface area (Å²) in [4.78, 5) is 2.31. The van der Waals surface area contributed by atoms with Gasteiger partial charge in [-0.1, -0.05) is 6.92 Å². The molecule has 1 aliphatic heterocycles. The molecule has 0 unspecified atom stereocenters. The highest BCUT2D eigenvalue weighted by Gasteiger charge is 2.18. The number of rotatable bonds is 6. The molecule has 0 atom stereocenters. The largest absolute Gasteiger partial charge is 0.381 e. The molecule has 21 heavy (non-hydrogen) atoms. The van der Waals surface area contributed by atoms with Crippen LogP contribution in [0.15, 0.2) is 24.3 Å². The summed E-state index contributed by atoms with van der Waals surface area (Å²) in [5.41, 5.74) is 1.75. The second kappa shape index (κ2) is 7.13. The second-order valence-corrected chi connectivity index (χ2v) is 7.23. The predicted octanol–water partition coefficient (Wildman–Crippen LogP) is 2.45. The van der Waals surface area contributed by atoms with Crippen LogP contribution in [0.1, 0.15) is 26.2 Å². The Labute approximate surface area is 127 Å². The first-order valence-electron chi connectivity index (χ1n) is 7.42. The van der Waals surface area contributed by atoms with E-state index in [0.29, 0.717) is 18.2 Å². The zero-order chi connectivity index (χ0) is 15.3. The number of hydrogen-bond acceptors (Lipinski definition) is 4. The molecule has 1 aliphatic rings. The topological polar surface area (TPSA) is 58.6 Å². The molecule has 0 radical (unpaired) electrons. The number of nitrogens with one attached hydrogen (secondary N) is 1. The fourth-order valence-electron chi connectivity index (χ4n) is 2.59. The fraction of sp³-hybridized carbons (Fsp3) is 0.600. The number of ether oxygens (including phenoxy) is 1. The number of methoxy groups -OCH3 is 1. The van der Waals surface area contributed by atoms with Crippen LogP contribution in [0.3, 0.4) is 0 Å². The van der Waals surface area contributed by atoms with Crippen molar-refractivity contribution < 1.29 is 13.2 Å². The van der Waals surface area contributed by atoms with Crippen LogP contribution < -0.4 is 9.62 Å². The zero-order valence-electron chi connectivity index (χ0n) is 12.7. The molecule has 0 saturated carbocycles. The van der Waals surface area contributed by atoms with E-state index in [9.17, 15) is 8.42 Å². The van der Waals surface area contributed by atoms with E-state index in [1.807, 2.05) is 31.2 Å². The van der Waals surface area contributed by atoms with E-state index in [0.717, 1.165) is 31.6 Å². The smallest absolute Gasteiger partial charge is 0.232 e. The SMILES string of the molecule is CCCS(=O)(=O)Nc1ccc(N2CCC(OC)CC2)cc1. The maximum atomic E-state index is 11.7. The predicted molar refractivity (Wildman–Crippen MR) is 86.4 cm³/mol. The van der Waals surface area contributed by atoms with Crippen molar-refractivity contribution in [1.29, 1.82) is 0 Å². The maximum absolute atomic E-state index is 11.7.